The molecule has 1 aromatic heterocycles. The van der Waals surface area contributed by atoms with E-state index in [1.807, 2.05) is 0 Å². The van der Waals surface area contributed by atoms with E-state index in [0.717, 1.165) is 11.8 Å². The van der Waals surface area contributed by atoms with Crippen LogP contribution < -0.4 is 5.73 Å². The van der Waals surface area contributed by atoms with Gasteiger partial charge in [0, 0.05) is 5.92 Å². The molecule has 3 atom stereocenters. The summed E-state index contributed by atoms with van der Waals surface area (Å²) in [5, 5.41) is 1.18. The largest absolute Gasteiger partial charge is 0.367 e. The Morgan fingerprint density at radius 2 is 1.88 bits per heavy atom. The fourth-order valence-corrected chi connectivity index (χ4v) is 4.24. The van der Waals surface area contributed by atoms with E-state index in [9.17, 15) is 0 Å². The monoisotopic (exact) mass is 237 g/mol. The van der Waals surface area contributed by atoms with Gasteiger partial charge in [-0.1, -0.05) is 25.7 Å². The number of fused-ring (bicyclic) bond motifs is 1. The highest BCUT2D eigenvalue weighted by molar-refractivity contribution is 7.05. The minimum absolute atomic E-state index is 0.464. The molecule has 4 heteroatoms. The molecule has 0 spiro atoms. The average molecular weight is 237 g/mol. The molecule has 3 unspecified atom stereocenters. The van der Waals surface area contributed by atoms with Crippen molar-refractivity contribution in [1.29, 1.82) is 0 Å². The summed E-state index contributed by atoms with van der Waals surface area (Å²) in [5.41, 5.74) is 5.61. The third-order valence-corrected chi connectivity index (χ3v) is 5.24. The number of aromatic nitrogens is 2. The maximum Gasteiger partial charge on any atom is 0.232 e. The quantitative estimate of drug-likeness (QED) is 0.816. The maximum absolute atomic E-state index is 5.61. The first-order valence-corrected chi connectivity index (χ1v) is 7.19. The lowest BCUT2D eigenvalue weighted by molar-refractivity contribution is 0.155. The molecule has 0 aliphatic heterocycles. The SMILES string of the molecule is Nc1nsc(C2CCC3CCCCC3C2)n1. The predicted molar refractivity (Wildman–Crippen MR) is 66.4 cm³/mol. The standard InChI is InChI=1S/C12H19N3S/c13-12-14-11(16-15-12)10-6-5-8-3-1-2-4-9(8)7-10/h8-10H,1-7H2,(H2,13,15). The van der Waals surface area contributed by atoms with Crippen LogP contribution in [-0.2, 0) is 0 Å². The van der Waals surface area contributed by atoms with Crippen LogP contribution in [0.3, 0.4) is 0 Å². The van der Waals surface area contributed by atoms with E-state index in [1.165, 1.54) is 61.5 Å². The summed E-state index contributed by atoms with van der Waals surface area (Å²) in [6.07, 6.45) is 9.83. The molecule has 3 nitrogen and oxygen atoms in total. The van der Waals surface area contributed by atoms with E-state index in [4.69, 9.17) is 5.73 Å². The van der Waals surface area contributed by atoms with Gasteiger partial charge in [0.2, 0.25) is 5.95 Å². The van der Waals surface area contributed by atoms with Gasteiger partial charge in [0.15, 0.2) is 0 Å². The van der Waals surface area contributed by atoms with Crippen molar-refractivity contribution < 1.29 is 0 Å². The summed E-state index contributed by atoms with van der Waals surface area (Å²) >= 11 is 1.51. The van der Waals surface area contributed by atoms with Gasteiger partial charge in [0.1, 0.15) is 5.01 Å². The van der Waals surface area contributed by atoms with Crippen LogP contribution in [-0.4, -0.2) is 9.36 Å². The first-order chi connectivity index (χ1) is 7.83. The van der Waals surface area contributed by atoms with Crippen LogP contribution in [0.5, 0.6) is 0 Å². The molecule has 2 N–H and O–H groups in total. The molecule has 16 heavy (non-hydrogen) atoms. The van der Waals surface area contributed by atoms with E-state index in [2.05, 4.69) is 9.36 Å². The molecule has 0 amide bonds. The minimum atomic E-state index is 0.464. The highest BCUT2D eigenvalue weighted by Crippen LogP contribution is 2.46. The second-order valence-electron chi connectivity index (χ2n) is 5.31. The average Bonchev–Trinajstić information content (AvgIpc) is 2.75. The molecule has 0 bridgehead atoms. The number of hydrogen-bond donors (Lipinski definition) is 1. The lowest BCUT2D eigenvalue weighted by Gasteiger charge is -2.38. The van der Waals surface area contributed by atoms with Crippen molar-refractivity contribution in [2.75, 3.05) is 5.73 Å². The Bertz CT molecular complexity index is 363. The van der Waals surface area contributed by atoms with Gasteiger partial charge < -0.3 is 5.73 Å². The van der Waals surface area contributed by atoms with Crippen LogP contribution in [0, 0.1) is 11.8 Å². The highest BCUT2D eigenvalue weighted by Gasteiger charge is 2.33. The third kappa shape index (κ3) is 1.95. The highest BCUT2D eigenvalue weighted by atomic mass is 32.1. The molecule has 2 aliphatic rings. The first-order valence-electron chi connectivity index (χ1n) is 6.42. The van der Waals surface area contributed by atoms with Gasteiger partial charge >= 0.3 is 0 Å². The Morgan fingerprint density at radius 3 is 2.62 bits per heavy atom. The van der Waals surface area contributed by atoms with Crippen molar-refractivity contribution in [2.45, 2.75) is 50.9 Å². The summed E-state index contributed by atoms with van der Waals surface area (Å²) in [7, 11) is 0. The lowest BCUT2D eigenvalue weighted by Crippen LogP contribution is -2.26. The maximum atomic E-state index is 5.61. The molecule has 2 fully saturated rings. The van der Waals surface area contributed by atoms with Gasteiger partial charge in [-0.25, -0.2) is 4.98 Å². The molecule has 0 saturated heterocycles. The van der Waals surface area contributed by atoms with Gasteiger partial charge in [-0.05, 0) is 42.6 Å². The van der Waals surface area contributed by atoms with E-state index in [0.29, 0.717) is 11.9 Å². The van der Waals surface area contributed by atoms with Crippen LogP contribution in [0.4, 0.5) is 5.95 Å². The number of nitrogens with two attached hydrogens (primary N) is 1. The van der Waals surface area contributed by atoms with Crippen LogP contribution in [0.2, 0.25) is 0 Å². The zero-order valence-electron chi connectivity index (χ0n) is 9.56. The number of hydrogen-bond acceptors (Lipinski definition) is 4. The molecule has 2 aliphatic carbocycles. The summed E-state index contributed by atoms with van der Waals surface area (Å²) in [6.45, 7) is 0. The fraction of sp³-hybridized carbons (Fsp3) is 0.833. The number of anilines is 1. The van der Waals surface area contributed by atoms with E-state index < -0.39 is 0 Å². The van der Waals surface area contributed by atoms with Crippen LogP contribution in [0.25, 0.3) is 0 Å². The summed E-state index contributed by atoms with van der Waals surface area (Å²) in [5.74, 6) is 3.08. The summed E-state index contributed by atoms with van der Waals surface area (Å²) < 4.78 is 4.10. The zero-order valence-corrected chi connectivity index (χ0v) is 10.4. The fourth-order valence-electron chi connectivity index (χ4n) is 3.51. The third-order valence-electron chi connectivity index (χ3n) is 4.35. The summed E-state index contributed by atoms with van der Waals surface area (Å²) in [4.78, 5) is 4.36. The van der Waals surface area contributed by atoms with E-state index in [1.54, 1.807) is 0 Å². The van der Waals surface area contributed by atoms with Crippen molar-refractivity contribution in [3.63, 3.8) is 0 Å². The summed E-state index contributed by atoms with van der Waals surface area (Å²) in [6, 6.07) is 0. The second-order valence-corrected chi connectivity index (χ2v) is 6.09. The molecule has 3 rings (SSSR count). The van der Waals surface area contributed by atoms with E-state index >= 15 is 0 Å². The molecular formula is C12H19N3S. The lowest BCUT2D eigenvalue weighted by atomic mass is 9.68. The number of nitrogen functional groups attached to an aromatic ring is 1. The van der Waals surface area contributed by atoms with Crippen molar-refractivity contribution in [1.82, 2.24) is 9.36 Å². The Balaban J connectivity index is 1.70. The number of nitrogens with zero attached hydrogens (tertiary/aromatic N) is 2. The first kappa shape index (κ1) is 10.5. The normalized spacial score (nSPS) is 34.6. The topological polar surface area (TPSA) is 51.8 Å². The predicted octanol–water partition coefficient (Wildman–Crippen LogP) is 3.19. The Kier molecular flexibility index (Phi) is 2.84. The smallest absolute Gasteiger partial charge is 0.232 e. The van der Waals surface area contributed by atoms with Crippen molar-refractivity contribution in [3.05, 3.63) is 5.01 Å². The zero-order chi connectivity index (χ0) is 11.0. The van der Waals surface area contributed by atoms with Crippen LogP contribution in [0.15, 0.2) is 0 Å². The van der Waals surface area contributed by atoms with Crippen LogP contribution >= 0.6 is 11.5 Å². The molecule has 0 aromatic carbocycles. The molecule has 2 saturated carbocycles. The van der Waals surface area contributed by atoms with Gasteiger partial charge in [-0.15, -0.1) is 0 Å². The van der Waals surface area contributed by atoms with Crippen molar-refractivity contribution >= 4 is 17.5 Å². The Morgan fingerprint density at radius 1 is 1.06 bits per heavy atom. The number of rotatable bonds is 1. The van der Waals surface area contributed by atoms with E-state index in [-0.39, 0.29) is 0 Å². The molecule has 1 aromatic rings. The molecule has 0 radical (unpaired) electrons. The molecule has 88 valence electrons. The van der Waals surface area contributed by atoms with Crippen molar-refractivity contribution in [3.8, 4) is 0 Å². The Hall–Kier alpha value is -0.640. The molecule has 1 heterocycles. The van der Waals surface area contributed by atoms with Gasteiger partial charge in [0.25, 0.3) is 0 Å². The molecular weight excluding hydrogens is 218 g/mol. The van der Waals surface area contributed by atoms with Gasteiger partial charge in [-0.3, -0.25) is 0 Å². The minimum Gasteiger partial charge on any atom is -0.367 e. The van der Waals surface area contributed by atoms with Crippen LogP contribution in [0.1, 0.15) is 55.9 Å². The van der Waals surface area contributed by atoms with Crippen molar-refractivity contribution in [2.24, 2.45) is 11.8 Å². The second kappa shape index (κ2) is 4.32. The Labute approximate surface area is 101 Å². The van der Waals surface area contributed by atoms with Gasteiger partial charge in [-0.2, -0.15) is 4.37 Å². The van der Waals surface area contributed by atoms with Gasteiger partial charge in [0.05, 0.1) is 0 Å².